The molecule has 0 radical (unpaired) electrons. The number of hydrogen-bond donors (Lipinski definition) is 2. The molecule has 0 aliphatic heterocycles. The van der Waals surface area contributed by atoms with Crippen LogP contribution in [0.4, 0.5) is 0 Å². The zero-order chi connectivity index (χ0) is 20.2. The van der Waals surface area contributed by atoms with E-state index in [0.29, 0.717) is 44.7 Å². The largest absolute Gasteiger partial charge is 0.491 e. The summed E-state index contributed by atoms with van der Waals surface area (Å²) in [5, 5.41) is 6.57. The van der Waals surface area contributed by atoms with Gasteiger partial charge in [0.05, 0.1) is 26.0 Å². The Labute approximate surface area is 167 Å². The summed E-state index contributed by atoms with van der Waals surface area (Å²) < 4.78 is 16.4. The second-order valence-corrected chi connectivity index (χ2v) is 6.11. The third-order valence-corrected chi connectivity index (χ3v) is 4.01. The number of nitrogens with zero attached hydrogens (tertiary/aromatic N) is 2. The minimum Gasteiger partial charge on any atom is -0.491 e. The van der Waals surface area contributed by atoms with Gasteiger partial charge in [-0.3, -0.25) is 4.99 Å². The fourth-order valence-corrected chi connectivity index (χ4v) is 2.54. The molecule has 0 aliphatic carbocycles. The van der Waals surface area contributed by atoms with Gasteiger partial charge in [-0.1, -0.05) is 18.2 Å². The highest BCUT2D eigenvalue weighted by Gasteiger charge is 2.07. The highest BCUT2D eigenvalue weighted by molar-refractivity contribution is 5.79. The summed E-state index contributed by atoms with van der Waals surface area (Å²) >= 11 is 0. The third kappa shape index (κ3) is 7.08. The van der Waals surface area contributed by atoms with E-state index in [1.807, 2.05) is 38.1 Å². The van der Waals surface area contributed by atoms with Crippen molar-refractivity contribution in [3.8, 4) is 11.6 Å². The number of aromatic nitrogens is 1. The number of benzene rings is 1. The molecule has 2 aromatic rings. The van der Waals surface area contributed by atoms with Crippen molar-refractivity contribution in [2.24, 2.45) is 4.99 Å². The highest BCUT2D eigenvalue weighted by atomic mass is 16.5. The first-order valence-electron chi connectivity index (χ1n) is 9.40. The summed E-state index contributed by atoms with van der Waals surface area (Å²) in [6.07, 6.45) is 0. The average Bonchev–Trinajstić information content (AvgIpc) is 2.72. The molecule has 0 unspecified atom stereocenters. The van der Waals surface area contributed by atoms with Gasteiger partial charge >= 0.3 is 0 Å². The van der Waals surface area contributed by atoms with E-state index in [9.17, 15) is 0 Å². The molecule has 28 heavy (non-hydrogen) atoms. The smallest absolute Gasteiger partial charge is 0.213 e. The molecule has 0 atom stereocenters. The van der Waals surface area contributed by atoms with Gasteiger partial charge in [-0.25, -0.2) is 4.98 Å². The van der Waals surface area contributed by atoms with Crippen LogP contribution in [0.15, 0.2) is 41.4 Å². The Morgan fingerprint density at radius 1 is 1.11 bits per heavy atom. The first kappa shape index (κ1) is 21.5. The number of aliphatic imine (C=N–C) groups is 1. The van der Waals surface area contributed by atoms with Crippen LogP contribution in [0.5, 0.6) is 11.6 Å². The van der Waals surface area contributed by atoms with E-state index >= 15 is 0 Å². The number of aryl methyl sites for hydroxylation is 1. The second kappa shape index (κ2) is 11.8. The molecule has 1 aromatic carbocycles. The Bertz CT molecular complexity index is 765. The maximum absolute atomic E-state index is 5.89. The van der Waals surface area contributed by atoms with E-state index in [-0.39, 0.29) is 0 Å². The Kier molecular flexibility index (Phi) is 9.07. The van der Waals surface area contributed by atoms with Gasteiger partial charge in [0.2, 0.25) is 5.88 Å². The molecule has 152 valence electrons. The van der Waals surface area contributed by atoms with Crippen molar-refractivity contribution in [3.63, 3.8) is 0 Å². The van der Waals surface area contributed by atoms with E-state index in [4.69, 9.17) is 14.2 Å². The minimum absolute atomic E-state index is 0.527. The Hall–Kier alpha value is -2.80. The fraction of sp³-hybridized carbons (Fsp3) is 0.429. The van der Waals surface area contributed by atoms with E-state index < -0.39 is 0 Å². The molecule has 0 amide bonds. The van der Waals surface area contributed by atoms with Crippen LogP contribution in [0.25, 0.3) is 0 Å². The molecule has 2 N–H and O–H groups in total. The van der Waals surface area contributed by atoms with E-state index in [2.05, 4.69) is 32.7 Å². The minimum atomic E-state index is 0.527. The molecule has 0 bridgehead atoms. The van der Waals surface area contributed by atoms with Gasteiger partial charge in [0.25, 0.3) is 0 Å². The summed E-state index contributed by atoms with van der Waals surface area (Å²) in [6.45, 7) is 6.95. The Morgan fingerprint density at radius 2 is 1.93 bits per heavy atom. The standard InChI is InChI=1S/C21H30N4O3/c1-5-27-11-12-28-19-13-16(2)9-10-17(19)14-23-21(22-3)24-15-18-7-6-8-20(25-18)26-4/h6-10,13H,5,11-12,14-15H2,1-4H3,(H2,22,23,24). The maximum Gasteiger partial charge on any atom is 0.213 e. The molecule has 1 heterocycles. The van der Waals surface area contributed by atoms with Crippen LogP contribution in [0.3, 0.4) is 0 Å². The lowest BCUT2D eigenvalue weighted by molar-refractivity contribution is 0.110. The number of ether oxygens (including phenoxy) is 3. The van der Waals surface area contributed by atoms with Crippen LogP contribution in [-0.4, -0.2) is 44.9 Å². The van der Waals surface area contributed by atoms with Crippen LogP contribution in [0.2, 0.25) is 0 Å². The van der Waals surface area contributed by atoms with Gasteiger partial charge in [-0.05, 0) is 31.5 Å². The molecule has 0 fully saturated rings. The van der Waals surface area contributed by atoms with Crippen molar-refractivity contribution in [1.29, 1.82) is 0 Å². The Balaban J connectivity index is 1.91. The fourth-order valence-electron chi connectivity index (χ4n) is 2.54. The number of hydrogen-bond acceptors (Lipinski definition) is 5. The lowest BCUT2D eigenvalue weighted by Crippen LogP contribution is -2.36. The van der Waals surface area contributed by atoms with Crippen LogP contribution in [0, 0.1) is 6.92 Å². The molecular formula is C21H30N4O3. The van der Waals surface area contributed by atoms with Crippen LogP contribution in [0.1, 0.15) is 23.7 Å². The van der Waals surface area contributed by atoms with Gasteiger partial charge < -0.3 is 24.8 Å². The zero-order valence-electron chi connectivity index (χ0n) is 17.1. The van der Waals surface area contributed by atoms with Crippen molar-refractivity contribution < 1.29 is 14.2 Å². The van der Waals surface area contributed by atoms with Gasteiger partial charge in [0, 0.05) is 31.8 Å². The van der Waals surface area contributed by atoms with Crippen LogP contribution in [-0.2, 0) is 17.8 Å². The highest BCUT2D eigenvalue weighted by Crippen LogP contribution is 2.20. The summed E-state index contributed by atoms with van der Waals surface area (Å²) in [7, 11) is 3.35. The van der Waals surface area contributed by atoms with Gasteiger partial charge in [0.15, 0.2) is 5.96 Å². The van der Waals surface area contributed by atoms with Crippen molar-refractivity contribution in [1.82, 2.24) is 15.6 Å². The lowest BCUT2D eigenvalue weighted by atomic mass is 10.1. The zero-order valence-corrected chi connectivity index (χ0v) is 17.1. The molecule has 0 spiro atoms. The second-order valence-electron chi connectivity index (χ2n) is 6.11. The Morgan fingerprint density at radius 3 is 2.68 bits per heavy atom. The van der Waals surface area contributed by atoms with E-state index in [0.717, 1.165) is 22.6 Å². The first-order chi connectivity index (χ1) is 13.7. The van der Waals surface area contributed by atoms with Crippen LogP contribution < -0.4 is 20.1 Å². The SMILES string of the molecule is CCOCCOc1cc(C)ccc1CNC(=NC)NCc1cccc(OC)n1. The maximum atomic E-state index is 5.89. The quantitative estimate of drug-likeness (QED) is 0.371. The van der Waals surface area contributed by atoms with Crippen molar-refractivity contribution in [2.75, 3.05) is 34.0 Å². The van der Waals surface area contributed by atoms with Crippen LogP contribution >= 0.6 is 0 Å². The number of nitrogens with one attached hydrogen (secondary N) is 2. The van der Waals surface area contributed by atoms with Crippen molar-refractivity contribution >= 4 is 5.96 Å². The van der Waals surface area contributed by atoms with Crippen molar-refractivity contribution in [2.45, 2.75) is 26.9 Å². The summed E-state index contributed by atoms with van der Waals surface area (Å²) in [6, 6.07) is 11.8. The molecule has 0 saturated heterocycles. The van der Waals surface area contributed by atoms with E-state index in [1.54, 1.807) is 14.2 Å². The number of methoxy groups -OCH3 is 1. The monoisotopic (exact) mass is 386 g/mol. The molecule has 0 saturated carbocycles. The first-order valence-corrected chi connectivity index (χ1v) is 9.40. The van der Waals surface area contributed by atoms with Crippen molar-refractivity contribution in [3.05, 3.63) is 53.2 Å². The summed E-state index contributed by atoms with van der Waals surface area (Å²) in [5.74, 6) is 2.14. The third-order valence-electron chi connectivity index (χ3n) is 4.01. The van der Waals surface area contributed by atoms with Gasteiger partial charge in [-0.2, -0.15) is 0 Å². The summed E-state index contributed by atoms with van der Waals surface area (Å²) in [5.41, 5.74) is 3.09. The number of rotatable bonds is 10. The number of pyridine rings is 1. The lowest BCUT2D eigenvalue weighted by Gasteiger charge is -2.15. The summed E-state index contributed by atoms with van der Waals surface area (Å²) in [4.78, 5) is 8.66. The average molecular weight is 386 g/mol. The molecular weight excluding hydrogens is 356 g/mol. The predicted octanol–water partition coefficient (Wildman–Crippen LogP) is 2.68. The van der Waals surface area contributed by atoms with Gasteiger partial charge in [0.1, 0.15) is 12.4 Å². The predicted molar refractivity (Wildman–Crippen MR) is 111 cm³/mol. The molecule has 1 aromatic heterocycles. The van der Waals surface area contributed by atoms with E-state index in [1.165, 1.54) is 0 Å². The molecule has 7 heteroatoms. The topological polar surface area (TPSA) is 77.0 Å². The molecule has 0 aliphatic rings. The molecule has 7 nitrogen and oxygen atoms in total. The van der Waals surface area contributed by atoms with Gasteiger partial charge in [-0.15, -0.1) is 0 Å². The normalized spacial score (nSPS) is 11.2. The number of guanidine groups is 1. The molecule has 2 rings (SSSR count).